The zero-order valence-corrected chi connectivity index (χ0v) is 15.5. The third-order valence-electron chi connectivity index (χ3n) is 6.24. The molecule has 4 rings (SSSR count). The summed E-state index contributed by atoms with van der Waals surface area (Å²) in [7, 11) is 0. The minimum Gasteiger partial charge on any atom is -0.481 e. The number of rotatable bonds is 4. The van der Waals surface area contributed by atoms with E-state index in [-0.39, 0.29) is 30.4 Å². The Morgan fingerprint density at radius 1 is 1.22 bits per heavy atom. The number of aryl methyl sites for hydroxylation is 1. The lowest BCUT2D eigenvalue weighted by Gasteiger charge is -2.23. The second kappa shape index (κ2) is 6.55. The van der Waals surface area contributed by atoms with Gasteiger partial charge in [-0.05, 0) is 56.2 Å². The van der Waals surface area contributed by atoms with E-state index in [1.165, 1.54) is 0 Å². The van der Waals surface area contributed by atoms with Crippen LogP contribution in [-0.2, 0) is 4.79 Å². The summed E-state index contributed by atoms with van der Waals surface area (Å²) in [6.07, 6.45) is 4.42. The third kappa shape index (κ3) is 3.26. The molecule has 3 aliphatic rings. The van der Waals surface area contributed by atoms with E-state index in [0.29, 0.717) is 24.2 Å². The fraction of sp³-hybridized carbons (Fsp3) is 0.550. The Labute approximate surface area is 158 Å². The molecule has 3 fully saturated rings. The Kier molecular flexibility index (Phi) is 4.32. The first kappa shape index (κ1) is 17.8. The number of carboxylic acids is 1. The van der Waals surface area contributed by atoms with Crippen molar-refractivity contribution in [2.75, 3.05) is 18.4 Å². The number of nitrogens with one attached hydrogen (secondary N) is 2. The highest BCUT2D eigenvalue weighted by Crippen LogP contribution is 2.49. The molecule has 2 saturated carbocycles. The largest absolute Gasteiger partial charge is 0.481 e. The number of carboxylic acid groups (broad SMARTS) is 1. The minimum absolute atomic E-state index is 0.0255. The van der Waals surface area contributed by atoms with Gasteiger partial charge in [0.1, 0.15) is 0 Å². The molecule has 1 aromatic rings. The number of carbonyl (C=O) groups is 3. The Hall–Kier alpha value is -2.57. The standard InChI is InChI=1S/C20H25N3O4/c1-12-4-5-13(17(24)21-15-6-7-15)9-16(12)22-19(27)23-10-14-3-2-8-20(14,11-23)18(25)26/h4-5,9,14-15H,2-3,6-8,10-11H2,1H3,(H,21,24)(H,22,27)(H,25,26)/t14-,20+/m0/s1. The second-order valence-corrected chi connectivity index (χ2v) is 8.14. The number of fused-ring (bicyclic) bond motifs is 1. The van der Waals surface area contributed by atoms with Gasteiger partial charge < -0.3 is 20.6 Å². The number of hydrogen-bond donors (Lipinski definition) is 3. The molecule has 0 radical (unpaired) electrons. The van der Waals surface area contributed by atoms with Gasteiger partial charge in [-0.2, -0.15) is 0 Å². The van der Waals surface area contributed by atoms with E-state index in [1.54, 1.807) is 17.0 Å². The molecule has 7 nitrogen and oxygen atoms in total. The topological polar surface area (TPSA) is 98.7 Å². The summed E-state index contributed by atoms with van der Waals surface area (Å²) in [5, 5.41) is 15.5. The first-order valence-corrected chi connectivity index (χ1v) is 9.60. The Balaban J connectivity index is 1.46. The fourth-order valence-electron chi connectivity index (χ4n) is 4.38. The summed E-state index contributed by atoms with van der Waals surface area (Å²) < 4.78 is 0. The number of carbonyl (C=O) groups excluding carboxylic acids is 2. The predicted octanol–water partition coefficient (Wildman–Crippen LogP) is 2.61. The summed E-state index contributed by atoms with van der Waals surface area (Å²) >= 11 is 0. The number of aliphatic carboxylic acids is 1. The molecular weight excluding hydrogens is 346 g/mol. The quantitative estimate of drug-likeness (QED) is 0.758. The van der Waals surface area contributed by atoms with Crippen LogP contribution in [0.5, 0.6) is 0 Å². The minimum atomic E-state index is -0.796. The number of likely N-dealkylation sites (tertiary alicyclic amines) is 1. The number of nitrogens with zero attached hydrogens (tertiary/aromatic N) is 1. The van der Waals surface area contributed by atoms with Crippen molar-refractivity contribution in [2.45, 2.75) is 45.1 Å². The summed E-state index contributed by atoms with van der Waals surface area (Å²) in [5.74, 6) is -0.902. The molecule has 3 N–H and O–H groups in total. The van der Waals surface area contributed by atoms with E-state index >= 15 is 0 Å². The number of anilines is 1. The maximum Gasteiger partial charge on any atom is 0.321 e. The molecule has 7 heteroatoms. The highest BCUT2D eigenvalue weighted by Gasteiger charge is 2.55. The average Bonchev–Trinajstić information content (AvgIpc) is 3.20. The Bertz CT molecular complexity index is 804. The number of hydrogen-bond acceptors (Lipinski definition) is 3. The highest BCUT2D eigenvalue weighted by molar-refractivity contribution is 5.98. The average molecular weight is 371 g/mol. The van der Waals surface area contributed by atoms with Crippen LogP contribution in [0.3, 0.4) is 0 Å². The van der Waals surface area contributed by atoms with Crippen LogP contribution in [0.1, 0.15) is 48.0 Å². The molecule has 0 aromatic heterocycles. The van der Waals surface area contributed by atoms with Crippen LogP contribution < -0.4 is 10.6 Å². The van der Waals surface area contributed by atoms with Crippen LogP contribution in [0.25, 0.3) is 0 Å². The van der Waals surface area contributed by atoms with Crippen molar-refractivity contribution in [1.29, 1.82) is 0 Å². The van der Waals surface area contributed by atoms with Gasteiger partial charge in [0.2, 0.25) is 0 Å². The van der Waals surface area contributed by atoms with Gasteiger partial charge in [0, 0.05) is 30.4 Å². The zero-order valence-electron chi connectivity index (χ0n) is 15.5. The highest BCUT2D eigenvalue weighted by atomic mass is 16.4. The molecule has 2 atom stereocenters. The van der Waals surface area contributed by atoms with Gasteiger partial charge in [0.05, 0.1) is 5.41 Å². The van der Waals surface area contributed by atoms with Crippen LogP contribution in [0.2, 0.25) is 0 Å². The summed E-state index contributed by atoms with van der Waals surface area (Å²) in [4.78, 5) is 38.4. The second-order valence-electron chi connectivity index (χ2n) is 8.14. The van der Waals surface area contributed by atoms with E-state index in [0.717, 1.165) is 31.2 Å². The van der Waals surface area contributed by atoms with Gasteiger partial charge in [-0.1, -0.05) is 12.5 Å². The normalized spacial score (nSPS) is 26.6. The lowest BCUT2D eigenvalue weighted by atomic mass is 9.81. The SMILES string of the molecule is Cc1ccc(C(=O)NC2CC2)cc1NC(=O)N1C[C@@H]2CCC[C@@]2(C(=O)O)C1. The molecule has 27 heavy (non-hydrogen) atoms. The zero-order chi connectivity index (χ0) is 19.2. The molecule has 0 spiro atoms. The van der Waals surface area contributed by atoms with Crippen molar-refractivity contribution in [3.05, 3.63) is 29.3 Å². The first-order chi connectivity index (χ1) is 12.9. The van der Waals surface area contributed by atoms with Crippen LogP contribution >= 0.6 is 0 Å². The van der Waals surface area contributed by atoms with Gasteiger partial charge in [-0.3, -0.25) is 9.59 Å². The van der Waals surface area contributed by atoms with Gasteiger partial charge >= 0.3 is 12.0 Å². The maximum atomic E-state index is 12.8. The maximum absolute atomic E-state index is 12.8. The number of benzene rings is 1. The first-order valence-electron chi connectivity index (χ1n) is 9.60. The van der Waals surface area contributed by atoms with Crippen LogP contribution in [0, 0.1) is 18.3 Å². The van der Waals surface area contributed by atoms with E-state index in [4.69, 9.17) is 0 Å². The molecule has 144 valence electrons. The van der Waals surface area contributed by atoms with Crippen molar-refractivity contribution in [2.24, 2.45) is 11.3 Å². The smallest absolute Gasteiger partial charge is 0.321 e. The fourth-order valence-corrected chi connectivity index (χ4v) is 4.38. The molecule has 1 aromatic carbocycles. The molecule has 1 heterocycles. The molecular formula is C20H25N3O4. The Morgan fingerprint density at radius 3 is 2.67 bits per heavy atom. The third-order valence-corrected chi connectivity index (χ3v) is 6.24. The van der Waals surface area contributed by atoms with E-state index in [2.05, 4.69) is 10.6 Å². The summed E-state index contributed by atoms with van der Waals surface area (Å²) in [6, 6.07) is 5.23. The van der Waals surface area contributed by atoms with Gasteiger partial charge in [0.25, 0.3) is 5.91 Å². The molecule has 1 aliphatic heterocycles. The van der Waals surface area contributed by atoms with Crippen molar-refractivity contribution in [1.82, 2.24) is 10.2 Å². The summed E-state index contributed by atoms with van der Waals surface area (Å²) in [6.45, 7) is 2.59. The monoisotopic (exact) mass is 371 g/mol. The van der Waals surface area contributed by atoms with Gasteiger partial charge in [-0.15, -0.1) is 0 Å². The molecule has 3 amide bonds. The van der Waals surface area contributed by atoms with E-state index < -0.39 is 11.4 Å². The number of amides is 3. The van der Waals surface area contributed by atoms with Gasteiger partial charge in [0.15, 0.2) is 0 Å². The lowest BCUT2D eigenvalue weighted by Crippen LogP contribution is -2.38. The van der Waals surface area contributed by atoms with Crippen molar-refractivity contribution in [3.8, 4) is 0 Å². The molecule has 0 bridgehead atoms. The molecule has 0 unspecified atom stereocenters. The van der Waals surface area contributed by atoms with Crippen molar-refractivity contribution >= 4 is 23.6 Å². The van der Waals surface area contributed by atoms with E-state index in [1.807, 2.05) is 13.0 Å². The molecule has 1 saturated heterocycles. The lowest BCUT2D eigenvalue weighted by molar-refractivity contribution is -0.149. The van der Waals surface area contributed by atoms with Crippen LogP contribution in [0.4, 0.5) is 10.5 Å². The summed E-state index contributed by atoms with van der Waals surface area (Å²) in [5.41, 5.74) is 1.17. The van der Waals surface area contributed by atoms with Crippen LogP contribution in [0.15, 0.2) is 18.2 Å². The Morgan fingerprint density at radius 2 is 2.00 bits per heavy atom. The number of urea groups is 1. The van der Waals surface area contributed by atoms with E-state index in [9.17, 15) is 19.5 Å². The molecule has 2 aliphatic carbocycles. The van der Waals surface area contributed by atoms with Crippen molar-refractivity contribution in [3.63, 3.8) is 0 Å². The van der Waals surface area contributed by atoms with Crippen molar-refractivity contribution < 1.29 is 19.5 Å². The van der Waals surface area contributed by atoms with Crippen LogP contribution in [-0.4, -0.2) is 47.0 Å². The predicted molar refractivity (Wildman–Crippen MR) is 99.7 cm³/mol. The van der Waals surface area contributed by atoms with Gasteiger partial charge in [-0.25, -0.2) is 4.79 Å².